The first-order valence-electron chi connectivity index (χ1n) is 3.10. The molecule has 0 amide bonds. The van der Waals surface area contributed by atoms with Gasteiger partial charge in [-0.25, -0.2) is 4.39 Å². The lowest BCUT2D eigenvalue weighted by Crippen LogP contribution is -1.73. The largest absolute Gasteiger partial charge is 0.255 e. The van der Waals surface area contributed by atoms with Crippen molar-refractivity contribution >= 4 is 0 Å². The Morgan fingerprint density at radius 3 is 1.64 bits per heavy atom. The minimum atomic E-state index is -0.289. The van der Waals surface area contributed by atoms with Crippen LogP contribution in [-0.2, 0) is 0 Å². The molecule has 0 saturated carbocycles. The molecule has 11 heavy (non-hydrogen) atoms. The fourth-order valence-corrected chi connectivity index (χ4v) is 0.340. The summed E-state index contributed by atoms with van der Waals surface area (Å²) < 4.78 is 22.0. The van der Waals surface area contributed by atoms with E-state index in [2.05, 4.69) is 13.2 Å². The molecule has 0 aliphatic heterocycles. The summed E-state index contributed by atoms with van der Waals surface area (Å²) in [5.74, 6) is -0.289. The third kappa shape index (κ3) is 9.08. The van der Waals surface area contributed by atoms with Crippen LogP contribution in [0.4, 0.5) is 8.78 Å². The van der Waals surface area contributed by atoms with Crippen molar-refractivity contribution in [1.29, 1.82) is 0 Å². The lowest BCUT2D eigenvalue weighted by Gasteiger charge is -1.91. The van der Waals surface area contributed by atoms with Crippen LogP contribution < -0.4 is 0 Å². The highest BCUT2D eigenvalue weighted by Crippen LogP contribution is 2.09. The van der Waals surface area contributed by atoms with Gasteiger partial charge in [-0.2, -0.15) is 0 Å². The van der Waals surface area contributed by atoms with Gasteiger partial charge < -0.3 is 0 Å². The molecule has 0 radical (unpaired) electrons. The molecule has 0 bridgehead atoms. The summed E-state index contributed by atoms with van der Waals surface area (Å²) in [6.45, 7) is 10.3. The van der Waals surface area contributed by atoms with Gasteiger partial charge in [-0.15, -0.1) is 0 Å². The summed E-state index contributed by atoms with van der Waals surface area (Å²) in [5.41, 5.74) is 1.15. The third-order valence-electron chi connectivity index (χ3n) is 0.781. The quantitative estimate of drug-likeness (QED) is 0.541. The summed E-state index contributed by atoms with van der Waals surface area (Å²) in [5, 5.41) is 0. The molecule has 2 heteroatoms. The van der Waals surface area contributed by atoms with Gasteiger partial charge in [0.15, 0.2) is 0 Å². The average Bonchev–Trinajstić information content (AvgIpc) is 1.90. The molecule has 0 aromatic heterocycles. The summed E-state index contributed by atoms with van der Waals surface area (Å²) in [6, 6.07) is 0. The Hall–Kier alpha value is -0.920. The number of hydrogen-bond donors (Lipinski definition) is 0. The van der Waals surface area contributed by atoms with Crippen molar-refractivity contribution in [2.75, 3.05) is 7.18 Å². The smallest absolute Gasteiger partial charge is 0.125 e. The zero-order valence-corrected chi connectivity index (χ0v) is 7.25. The highest BCUT2D eigenvalue weighted by atomic mass is 19.1. The monoisotopic (exact) mass is 160 g/mol. The first kappa shape index (κ1) is 12.7. The molecule has 0 fully saturated rings. The Balaban J connectivity index is 0. The van der Waals surface area contributed by atoms with Gasteiger partial charge in [0.05, 0.1) is 7.18 Å². The fraction of sp³-hybridized carbons (Fsp3) is 0.333. The zero-order valence-electron chi connectivity index (χ0n) is 7.25. The molecule has 0 unspecified atom stereocenters. The van der Waals surface area contributed by atoms with Crippen LogP contribution in [0.25, 0.3) is 0 Å². The number of halogens is 2. The van der Waals surface area contributed by atoms with Crippen LogP contribution in [0.1, 0.15) is 13.8 Å². The van der Waals surface area contributed by atoms with Crippen molar-refractivity contribution in [1.82, 2.24) is 0 Å². The number of allylic oxidation sites excluding steroid dienone is 4. The first-order valence-corrected chi connectivity index (χ1v) is 3.10. The molecule has 0 saturated heterocycles. The van der Waals surface area contributed by atoms with E-state index in [-0.39, 0.29) is 5.83 Å². The second kappa shape index (κ2) is 7.19. The Labute approximate surface area is 66.9 Å². The molecule has 0 aromatic rings. The van der Waals surface area contributed by atoms with Crippen LogP contribution in [0.15, 0.2) is 36.2 Å². The molecular weight excluding hydrogens is 146 g/mol. The summed E-state index contributed by atoms with van der Waals surface area (Å²) in [7, 11) is 0.500. The topological polar surface area (TPSA) is 0 Å². The van der Waals surface area contributed by atoms with E-state index in [4.69, 9.17) is 0 Å². The van der Waals surface area contributed by atoms with Gasteiger partial charge in [0, 0.05) is 0 Å². The van der Waals surface area contributed by atoms with E-state index < -0.39 is 0 Å². The van der Waals surface area contributed by atoms with Crippen LogP contribution in [0, 0.1) is 0 Å². The van der Waals surface area contributed by atoms with Gasteiger partial charge in [-0.1, -0.05) is 18.7 Å². The van der Waals surface area contributed by atoms with E-state index in [0.717, 1.165) is 0 Å². The van der Waals surface area contributed by atoms with Gasteiger partial charge in [0.1, 0.15) is 5.83 Å². The number of rotatable bonds is 2. The lowest BCUT2D eigenvalue weighted by molar-refractivity contribution is 0.636. The summed E-state index contributed by atoms with van der Waals surface area (Å²) >= 11 is 0. The molecular formula is C9H14F2. The maximum Gasteiger partial charge on any atom is 0.125 e. The van der Waals surface area contributed by atoms with Gasteiger partial charge in [-0.05, 0) is 25.5 Å². The van der Waals surface area contributed by atoms with Crippen LogP contribution in [-0.4, -0.2) is 7.18 Å². The molecule has 0 N–H and O–H groups in total. The van der Waals surface area contributed by atoms with E-state index in [1.54, 1.807) is 13.8 Å². The van der Waals surface area contributed by atoms with Crippen molar-refractivity contribution in [3.63, 3.8) is 0 Å². The van der Waals surface area contributed by atoms with Crippen LogP contribution in [0.3, 0.4) is 0 Å². The lowest BCUT2D eigenvalue weighted by atomic mass is 10.2. The molecule has 0 nitrogen and oxygen atoms in total. The van der Waals surface area contributed by atoms with Crippen molar-refractivity contribution in [3.05, 3.63) is 36.2 Å². The van der Waals surface area contributed by atoms with E-state index in [0.29, 0.717) is 18.3 Å². The second-order valence-electron chi connectivity index (χ2n) is 2.12. The highest BCUT2D eigenvalue weighted by Gasteiger charge is 1.91. The molecule has 0 atom stereocenters. The van der Waals surface area contributed by atoms with Crippen LogP contribution >= 0.6 is 0 Å². The molecule has 0 spiro atoms. The average molecular weight is 160 g/mol. The normalized spacial score (nSPS) is 9.73. The highest BCUT2D eigenvalue weighted by molar-refractivity contribution is 5.26. The molecule has 64 valence electrons. The molecule has 0 aromatic carbocycles. The fourth-order valence-electron chi connectivity index (χ4n) is 0.340. The molecule has 0 aliphatic rings. The van der Waals surface area contributed by atoms with E-state index in [1.165, 1.54) is 6.08 Å². The molecule has 0 rings (SSSR count). The predicted octanol–water partition coefficient (Wildman–Crippen LogP) is 3.58. The summed E-state index contributed by atoms with van der Waals surface area (Å²) in [6.07, 6.45) is 1.36. The van der Waals surface area contributed by atoms with Gasteiger partial charge in [0.25, 0.3) is 0 Å². The Bertz CT molecular complexity index is 166. The van der Waals surface area contributed by atoms with E-state index in [1.807, 2.05) is 0 Å². The summed E-state index contributed by atoms with van der Waals surface area (Å²) in [4.78, 5) is 0. The maximum atomic E-state index is 12.5. The standard InChI is InChI=1S/C8H11F.CH3F/c1-6(2)5-8(9)7(3)4;1-2/h5H,1,3H2,2,4H3;1H3/b8-5+;. The SMILES string of the molecule is C=C(C)/C=C(/F)C(=C)C.CF. The van der Waals surface area contributed by atoms with E-state index >= 15 is 0 Å². The minimum absolute atomic E-state index is 0.289. The number of hydrogen-bond acceptors (Lipinski definition) is 0. The van der Waals surface area contributed by atoms with Crippen LogP contribution in [0.2, 0.25) is 0 Å². The van der Waals surface area contributed by atoms with Crippen LogP contribution in [0.5, 0.6) is 0 Å². The Morgan fingerprint density at radius 2 is 1.55 bits per heavy atom. The minimum Gasteiger partial charge on any atom is -0.255 e. The van der Waals surface area contributed by atoms with Crippen molar-refractivity contribution in [3.8, 4) is 0 Å². The zero-order chi connectivity index (χ0) is 9.44. The Kier molecular flexibility index (Phi) is 8.32. The first-order chi connectivity index (χ1) is 5.04. The van der Waals surface area contributed by atoms with Crippen molar-refractivity contribution in [2.45, 2.75) is 13.8 Å². The van der Waals surface area contributed by atoms with Gasteiger partial charge in [0.2, 0.25) is 0 Å². The second-order valence-corrected chi connectivity index (χ2v) is 2.12. The Morgan fingerprint density at radius 1 is 1.18 bits per heavy atom. The number of alkyl halides is 1. The third-order valence-corrected chi connectivity index (χ3v) is 0.781. The van der Waals surface area contributed by atoms with Gasteiger partial charge in [-0.3, -0.25) is 4.39 Å². The van der Waals surface area contributed by atoms with Crippen molar-refractivity contribution in [2.24, 2.45) is 0 Å². The maximum absolute atomic E-state index is 12.5. The van der Waals surface area contributed by atoms with Crippen molar-refractivity contribution < 1.29 is 8.78 Å². The molecule has 0 aliphatic carbocycles. The van der Waals surface area contributed by atoms with Gasteiger partial charge >= 0.3 is 0 Å². The van der Waals surface area contributed by atoms with E-state index in [9.17, 15) is 8.78 Å². The molecule has 0 heterocycles. The predicted molar refractivity (Wildman–Crippen MR) is 45.9 cm³/mol.